The lowest BCUT2D eigenvalue weighted by atomic mass is 10.1. The standard InChI is InChI=1S/C19H19ClFN3O4S/c1-4-9-29(26,27)23-14-6-5-12(21)18(17(14)20)28-15-8-7-13-16(11(15)2)19(25)24(3)10-22-13/h5-8,10,23H,4,9H2,1-3H3. The number of aromatic nitrogens is 2. The fourth-order valence-electron chi connectivity index (χ4n) is 2.85. The second kappa shape index (κ2) is 8.00. The summed E-state index contributed by atoms with van der Waals surface area (Å²) in [5, 5.41) is 0.118. The van der Waals surface area contributed by atoms with E-state index in [4.69, 9.17) is 16.3 Å². The maximum absolute atomic E-state index is 14.4. The molecule has 0 aliphatic heterocycles. The van der Waals surface area contributed by atoms with E-state index in [-0.39, 0.29) is 33.5 Å². The van der Waals surface area contributed by atoms with E-state index in [9.17, 15) is 17.6 Å². The molecule has 0 saturated heterocycles. The molecule has 0 bridgehead atoms. The molecule has 0 spiro atoms. The van der Waals surface area contributed by atoms with Crippen LogP contribution in [0.2, 0.25) is 5.02 Å². The maximum Gasteiger partial charge on any atom is 0.261 e. The van der Waals surface area contributed by atoms with Gasteiger partial charge in [-0.1, -0.05) is 18.5 Å². The van der Waals surface area contributed by atoms with Crippen LogP contribution in [-0.4, -0.2) is 23.7 Å². The summed E-state index contributed by atoms with van der Waals surface area (Å²) in [5.74, 6) is -1.01. The van der Waals surface area contributed by atoms with E-state index in [1.165, 1.54) is 17.0 Å². The lowest BCUT2D eigenvalue weighted by molar-refractivity contribution is 0.441. The molecule has 1 heterocycles. The zero-order valence-electron chi connectivity index (χ0n) is 16.0. The Hall–Kier alpha value is -2.65. The van der Waals surface area contributed by atoms with Crippen molar-refractivity contribution in [3.05, 3.63) is 57.3 Å². The first-order valence-corrected chi connectivity index (χ1v) is 10.8. The van der Waals surface area contributed by atoms with Crippen molar-refractivity contribution >= 4 is 38.2 Å². The van der Waals surface area contributed by atoms with Crippen molar-refractivity contribution in [1.29, 1.82) is 0 Å². The Balaban J connectivity index is 2.07. The fourth-order valence-corrected chi connectivity index (χ4v) is 4.29. The largest absolute Gasteiger partial charge is 0.452 e. The molecule has 0 fully saturated rings. The number of halogens is 2. The van der Waals surface area contributed by atoms with Gasteiger partial charge in [-0.05, 0) is 37.6 Å². The Bertz CT molecular complexity index is 1260. The molecule has 10 heteroatoms. The highest BCUT2D eigenvalue weighted by Crippen LogP contribution is 2.39. The summed E-state index contributed by atoms with van der Waals surface area (Å²) in [6.45, 7) is 3.38. The predicted octanol–water partition coefficient (Wildman–Crippen LogP) is 3.98. The summed E-state index contributed by atoms with van der Waals surface area (Å²) < 4.78 is 47.8. The summed E-state index contributed by atoms with van der Waals surface area (Å²) >= 11 is 6.23. The monoisotopic (exact) mass is 439 g/mol. The number of nitrogens with zero attached hydrogens (tertiary/aromatic N) is 2. The van der Waals surface area contributed by atoms with Gasteiger partial charge in [-0.15, -0.1) is 0 Å². The lowest BCUT2D eigenvalue weighted by Crippen LogP contribution is -2.18. The molecule has 0 radical (unpaired) electrons. The van der Waals surface area contributed by atoms with Gasteiger partial charge in [0.15, 0.2) is 11.6 Å². The number of anilines is 1. The molecule has 0 saturated carbocycles. The lowest BCUT2D eigenvalue weighted by Gasteiger charge is -2.15. The quantitative estimate of drug-likeness (QED) is 0.627. The number of sulfonamides is 1. The van der Waals surface area contributed by atoms with Gasteiger partial charge in [0, 0.05) is 12.6 Å². The van der Waals surface area contributed by atoms with Gasteiger partial charge in [-0.2, -0.15) is 0 Å². The normalized spacial score (nSPS) is 11.6. The van der Waals surface area contributed by atoms with Crippen LogP contribution in [0.1, 0.15) is 18.9 Å². The minimum absolute atomic E-state index is 0.00698. The number of benzene rings is 2. The average Bonchev–Trinajstić information content (AvgIpc) is 2.65. The van der Waals surface area contributed by atoms with Gasteiger partial charge >= 0.3 is 0 Å². The molecule has 154 valence electrons. The van der Waals surface area contributed by atoms with Gasteiger partial charge < -0.3 is 9.30 Å². The second-order valence-corrected chi connectivity index (χ2v) is 8.72. The Morgan fingerprint density at radius 2 is 2.00 bits per heavy atom. The van der Waals surface area contributed by atoms with E-state index in [0.717, 1.165) is 6.07 Å². The SMILES string of the molecule is CCCS(=O)(=O)Nc1ccc(F)c(Oc2ccc3ncn(C)c(=O)c3c2C)c1Cl. The highest BCUT2D eigenvalue weighted by molar-refractivity contribution is 7.92. The summed E-state index contributed by atoms with van der Waals surface area (Å²) in [4.78, 5) is 16.6. The van der Waals surface area contributed by atoms with Gasteiger partial charge in [0.25, 0.3) is 5.56 Å². The molecule has 0 aliphatic rings. The molecule has 1 N–H and O–H groups in total. The highest BCUT2D eigenvalue weighted by atomic mass is 35.5. The fraction of sp³-hybridized carbons (Fsp3) is 0.263. The van der Waals surface area contributed by atoms with Gasteiger partial charge in [0.2, 0.25) is 10.0 Å². The predicted molar refractivity (Wildman–Crippen MR) is 111 cm³/mol. The molecule has 1 aromatic heterocycles. The molecular weight excluding hydrogens is 421 g/mol. The average molecular weight is 440 g/mol. The van der Waals surface area contributed by atoms with Crippen LogP contribution < -0.4 is 15.0 Å². The van der Waals surface area contributed by atoms with Gasteiger partial charge in [-0.25, -0.2) is 17.8 Å². The van der Waals surface area contributed by atoms with Crippen LogP contribution in [0.25, 0.3) is 10.9 Å². The Morgan fingerprint density at radius 3 is 2.69 bits per heavy atom. The molecule has 0 amide bonds. The van der Waals surface area contributed by atoms with Crippen molar-refractivity contribution in [3.8, 4) is 11.5 Å². The third-order valence-corrected chi connectivity index (χ3v) is 6.15. The number of fused-ring (bicyclic) bond motifs is 1. The van der Waals surface area contributed by atoms with Crippen molar-refractivity contribution < 1.29 is 17.5 Å². The molecule has 3 rings (SSSR count). The van der Waals surface area contributed by atoms with E-state index in [1.54, 1.807) is 33.0 Å². The summed E-state index contributed by atoms with van der Waals surface area (Å²) in [6, 6.07) is 5.42. The van der Waals surface area contributed by atoms with E-state index in [2.05, 4.69) is 9.71 Å². The molecule has 0 atom stereocenters. The molecule has 7 nitrogen and oxygen atoms in total. The Labute approximate surface area is 172 Å². The van der Waals surface area contributed by atoms with E-state index < -0.39 is 15.8 Å². The first kappa shape index (κ1) is 21.1. The summed E-state index contributed by atoms with van der Waals surface area (Å²) in [5.41, 5.74) is 0.673. The topological polar surface area (TPSA) is 90.3 Å². The smallest absolute Gasteiger partial charge is 0.261 e. The third-order valence-electron chi connectivity index (χ3n) is 4.30. The Morgan fingerprint density at radius 1 is 1.28 bits per heavy atom. The summed E-state index contributed by atoms with van der Waals surface area (Å²) in [6.07, 6.45) is 1.82. The van der Waals surface area contributed by atoms with Crippen LogP contribution in [0, 0.1) is 12.7 Å². The first-order chi connectivity index (χ1) is 13.6. The van der Waals surface area contributed by atoms with Crippen molar-refractivity contribution in [3.63, 3.8) is 0 Å². The molecule has 0 unspecified atom stereocenters. The zero-order valence-corrected chi connectivity index (χ0v) is 17.6. The number of ether oxygens (including phenoxy) is 1. The van der Waals surface area contributed by atoms with Crippen LogP contribution in [0.5, 0.6) is 11.5 Å². The van der Waals surface area contributed by atoms with Crippen molar-refractivity contribution in [2.45, 2.75) is 20.3 Å². The number of aryl methyl sites for hydroxylation is 2. The first-order valence-electron chi connectivity index (χ1n) is 8.76. The minimum atomic E-state index is -3.62. The van der Waals surface area contributed by atoms with Crippen molar-refractivity contribution in [2.75, 3.05) is 10.5 Å². The van der Waals surface area contributed by atoms with Crippen LogP contribution in [0.15, 0.2) is 35.4 Å². The minimum Gasteiger partial charge on any atom is -0.452 e. The van der Waals surface area contributed by atoms with E-state index >= 15 is 0 Å². The number of nitrogens with one attached hydrogen (secondary N) is 1. The molecule has 0 aliphatic carbocycles. The second-order valence-electron chi connectivity index (χ2n) is 6.50. The van der Waals surface area contributed by atoms with E-state index in [0.29, 0.717) is 22.9 Å². The van der Waals surface area contributed by atoms with Crippen LogP contribution in [-0.2, 0) is 17.1 Å². The molecular formula is C19H19ClFN3O4S. The van der Waals surface area contributed by atoms with Gasteiger partial charge in [0.05, 0.1) is 28.7 Å². The van der Waals surface area contributed by atoms with Crippen molar-refractivity contribution in [1.82, 2.24) is 9.55 Å². The zero-order chi connectivity index (χ0) is 21.3. The highest BCUT2D eigenvalue weighted by Gasteiger charge is 2.20. The van der Waals surface area contributed by atoms with Crippen molar-refractivity contribution in [2.24, 2.45) is 7.05 Å². The van der Waals surface area contributed by atoms with E-state index in [1.807, 2.05) is 0 Å². The molecule has 3 aromatic rings. The number of rotatable bonds is 6. The van der Waals surface area contributed by atoms with Crippen LogP contribution in [0.4, 0.5) is 10.1 Å². The van der Waals surface area contributed by atoms with Crippen LogP contribution >= 0.6 is 11.6 Å². The Kier molecular flexibility index (Phi) is 5.81. The number of hydrogen-bond donors (Lipinski definition) is 1. The maximum atomic E-state index is 14.4. The summed E-state index contributed by atoms with van der Waals surface area (Å²) in [7, 11) is -2.05. The van der Waals surface area contributed by atoms with Gasteiger partial charge in [-0.3, -0.25) is 9.52 Å². The molecule has 29 heavy (non-hydrogen) atoms. The van der Waals surface area contributed by atoms with Gasteiger partial charge in [0.1, 0.15) is 10.8 Å². The number of hydrogen-bond acceptors (Lipinski definition) is 5. The third kappa shape index (κ3) is 4.20. The molecule has 2 aromatic carbocycles. The van der Waals surface area contributed by atoms with Crippen LogP contribution in [0.3, 0.4) is 0 Å².